The van der Waals surface area contributed by atoms with E-state index in [0.717, 1.165) is 19.5 Å². The Hall–Kier alpha value is -0.0300. The Labute approximate surface area is 106 Å². The van der Waals surface area contributed by atoms with E-state index in [0.29, 0.717) is 0 Å². The van der Waals surface area contributed by atoms with E-state index in [1.165, 1.54) is 22.8 Å². The molecule has 0 aromatic carbocycles. The van der Waals surface area contributed by atoms with Crippen LogP contribution in [0.25, 0.3) is 0 Å². The van der Waals surface area contributed by atoms with Crippen LogP contribution in [-0.4, -0.2) is 42.1 Å². The zero-order valence-corrected chi connectivity index (χ0v) is 11.4. The molecule has 0 aliphatic carbocycles. The quantitative estimate of drug-likeness (QED) is 0.874. The standard InChI is InChI=1S/C12H20N2S2/c1-14(6-4-11-3-2-7-16-11)12(9-13)5-8-15-10-12/h2-3,7H,4-6,8-10,13H2,1H3. The van der Waals surface area contributed by atoms with Crippen molar-refractivity contribution in [2.24, 2.45) is 5.73 Å². The molecule has 0 bridgehead atoms. The summed E-state index contributed by atoms with van der Waals surface area (Å²) in [5.74, 6) is 2.46. The van der Waals surface area contributed by atoms with E-state index in [-0.39, 0.29) is 5.54 Å². The normalized spacial score (nSPS) is 25.4. The van der Waals surface area contributed by atoms with Gasteiger partial charge in [0.05, 0.1) is 0 Å². The Bertz CT molecular complexity index is 305. The van der Waals surface area contributed by atoms with Gasteiger partial charge in [0, 0.05) is 29.3 Å². The van der Waals surface area contributed by atoms with Crippen molar-refractivity contribution >= 4 is 23.1 Å². The summed E-state index contributed by atoms with van der Waals surface area (Å²) in [5.41, 5.74) is 6.23. The predicted octanol–water partition coefficient (Wildman–Crippen LogP) is 2.06. The van der Waals surface area contributed by atoms with Crippen LogP contribution >= 0.6 is 23.1 Å². The highest BCUT2D eigenvalue weighted by molar-refractivity contribution is 7.99. The van der Waals surface area contributed by atoms with E-state index >= 15 is 0 Å². The number of thiophene rings is 1. The van der Waals surface area contributed by atoms with Gasteiger partial charge in [-0.05, 0) is 37.1 Å². The van der Waals surface area contributed by atoms with Crippen molar-refractivity contribution in [2.45, 2.75) is 18.4 Å². The summed E-state index contributed by atoms with van der Waals surface area (Å²) in [7, 11) is 2.23. The second-order valence-electron chi connectivity index (χ2n) is 4.48. The summed E-state index contributed by atoms with van der Waals surface area (Å²) in [4.78, 5) is 3.96. The van der Waals surface area contributed by atoms with Crippen molar-refractivity contribution in [1.29, 1.82) is 0 Å². The monoisotopic (exact) mass is 256 g/mol. The lowest BCUT2D eigenvalue weighted by molar-refractivity contribution is 0.154. The molecule has 1 saturated heterocycles. The van der Waals surface area contributed by atoms with Crippen LogP contribution in [0.3, 0.4) is 0 Å². The second-order valence-corrected chi connectivity index (χ2v) is 6.62. The third-order valence-corrected chi connectivity index (χ3v) is 5.72. The average molecular weight is 256 g/mol. The Morgan fingerprint density at radius 2 is 2.44 bits per heavy atom. The minimum absolute atomic E-state index is 0.266. The molecule has 0 radical (unpaired) electrons. The zero-order valence-electron chi connectivity index (χ0n) is 9.82. The largest absolute Gasteiger partial charge is 0.329 e. The molecule has 2 N–H and O–H groups in total. The molecule has 1 fully saturated rings. The van der Waals surface area contributed by atoms with Crippen LogP contribution in [0.5, 0.6) is 0 Å². The number of hydrogen-bond acceptors (Lipinski definition) is 4. The van der Waals surface area contributed by atoms with Crippen molar-refractivity contribution in [3.63, 3.8) is 0 Å². The Morgan fingerprint density at radius 1 is 1.56 bits per heavy atom. The van der Waals surface area contributed by atoms with Gasteiger partial charge in [-0.3, -0.25) is 4.90 Å². The Morgan fingerprint density at radius 3 is 3.00 bits per heavy atom. The topological polar surface area (TPSA) is 29.3 Å². The van der Waals surface area contributed by atoms with E-state index in [1.54, 1.807) is 0 Å². The summed E-state index contributed by atoms with van der Waals surface area (Å²) in [6.07, 6.45) is 2.40. The van der Waals surface area contributed by atoms with Gasteiger partial charge in [0.25, 0.3) is 0 Å². The summed E-state index contributed by atoms with van der Waals surface area (Å²) in [5, 5.41) is 2.15. The minimum Gasteiger partial charge on any atom is -0.329 e. The van der Waals surface area contributed by atoms with E-state index in [9.17, 15) is 0 Å². The molecule has 1 atom stereocenters. The molecule has 1 aromatic rings. The van der Waals surface area contributed by atoms with Gasteiger partial charge in [0.2, 0.25) is 0 Å². The molecule has 4 heteroatoms. The first-order valence-corrected chi connectivity index (χ1v) is 7.82. The van der Waals surface area contributed by atoms with E-state index in [2.05, 4.69) is 29.5 Å². The maximum Gasteiger partial charge on any atom is 0.0426 e. The van der Waals surface area contributed by atoms with E-state index in [4.69, 9.17) is 5.73 Å². The number of likely N-dealkylation sites (N-methyl/N-ethyl adjacent to an activating group) is 1. The number of nitrogens with two attached hydrogens (primary N) is 1. The van der Waals surface area contributed by atoms with Gasteiger partial charge in [0.15, 0.2) is 0 Å². The van der Waals surface area contributed by atoms with Crippen molar-refractivity contribution in [1.82, 2.24) is 4.90 Å². The van der Waals surface area contributed by atoms with Crippen molar-refractivity contribution in [2.75, 3.05) is 31.6 Å². The first-order valence-electron chi connectivity index (χ1n) is 5.78. The molecule has 1 aromatic heterocycles. The van der Waals surface area contributed by atoms with Crippen LogP contribution in [-0.2, 0) is 6.42 Å². The fraction of sp³-hybridized carbons (Fsp3) is 0.667. The van der Waals surface area contributed by atoms with Crippen molar-refractivity contribution in [3.8, 4) is 0 Å². The first-order chi connectivity index (χ1) is 7.77. The van der Waals surface area contributed by atoms with Crippen LogP contribution < -0.4 is 5.73 Å². The number of hydrogen-bond donors (Lipinski definition) is 1. The zero-order chi connectivity index (χ0) is 11.4. The molecule has 1 aliphatic heterocycles. The highest BCUT2D eigenvalue weighted by Crippen LogP contribution is 2.31. The minimum atomic E-state index is 0.266. The van der Waals surface area contributed by atoms with Crippen molar-refractivity contribution in [3.05, 3.63) is 22.4 Å². The average Bonchev–Trinajstić information content (AvgIpc) is 2.97. The Balaban J connectivity index is 1.89. The van der Waals surface area contributed by atoms with Crippen LogP contribution in [0.4, 0.5) is 0 Å². The molecule has 2 rings (SSSR count). The summed E-state index contributed by atoms with van der Waals surface area (Å²) < 4.78 is 0. The Kier molecular flexibility index (Phi) is 4.30. The molecule has 90 valence electrons. The molecule has 16 heavy (non-hydrogen) atoms. The van der Waals surface area contributed by atoms with Gasteiger partial charge in [-0.2, -0.15) is 11.8 Å². The second kappa shape index (κ2) is 5.54. The number of rotatable bonds is 5. The van der Waals surface area contributed by atoms with Gasteiger partial charge in [-0.25, -0.2) is 0 Å². The molecular formula is C12H20N2S2. The molecule has 0 saturated carbocycles. The molecular weight excluding hydrogens is 236 g/mol. The van der Waals surface area contributed by atoms with E-state index in [1.807, 2.05) is 23.1 Å². The van der Waals surface area contributed by atoms with Gasteiger partial charge < -0.3 is 5.73 Å². The lowest BCUT2D eigenvalue weighted by atomic mass is 9.97. The third-order valence-electron chi connectivity index (χ3n) is 3.55. The third kappa shape index (κ3) is 2.62. The lowest BCUT2D eigenvalue weighted by Gasteiger charge is -2.37. The van der Waals surface area contributed by atoms with Gasteiger partial charge in [0.1, 0.15) is 0 Å². The van der Waals surface area contributed by atoms with Crippen LogP contribution in [0.2, 0.25) is 0 Å². The summed E-state index contributed by atoms with van der Waals surface area (Å²) >= 11 is 3.89. The highest BCUT2D eigenvalue weighted by atomic mass is 32.2. The predicted molar refractivity (Wildman–Crippen MR) is 74.4 cm³/mol. The fourth-order valence-corrected chi connectivity index (χ4v) is 4.41. The number of thioether (sulfide) groups is 1. The molecule has 2 heterocycles. The molecule has 2 nitrogen and oxygen atoms in total. The maximum absolute atomic E-state index is 5.97. The molecule has 1 unspecified atom stereocenters. The summed E-state index contributed by atoms with van der Waals surface area (Å²) in [6, 6.07) is 4.35. The van der Waals surface area contributed by atoms with Gasteiger partial charge in [-0.15, -0.1) is 11.3 Å². The number of nitrogens with zero attached hydrogens (tertiary/aromatic N) is 1. The molecule has 0 amide bonds. The lowest BCUT2D eigenvalue weighted by Crippen LogP contribution is -2.52. The SMILES string of the molecule is CN(CCc1cccs1)C1(CN)CCSC1. The van der Waals surface area contributed by atoms with E-state index < -0.39 is 0 Å². The maximum atomic E-state index is 5.97. The molecule has 0 spiro atoms. The fourth-order valence-electron chi connectivity index (χ4n) is 2.18. The first kappa shape index (κ1) is 12.4. The molecule has 1 aliphatic rings. The smallest absolute Gasteiger partial charge is 0.0426 e. The summed E-state index contributed by atoms with van der Waals surface area (Å²) in [6.45, 7) is 1.92. The van der Waals surface area contributed by atoms with Gasteiger partial charge in [-0.1, -0.05) is 6.07 Å². The van der Waals surface area contributed by atoms with Gasteiger partial charge >= 0.3 is 0 Å². The van der Waals surface area contributed by atoms with Crippen LogP contribution in [0, 0.1) is 0 Å². The highest BCUT2D eigenvalue weighted by Gasteiger charge is 2.36. The van der Waals surface area contributed by atoms with Crippen LogP contribution in [0.15, 0.2) is 17.5 Å². The van der Waals surface area contributed by atoms with Crippen molar-refractivity contribution < 1.29 is 0 Å². The van der Waals surface area contributed by atoms with Crippen LogP contribution in [0.1, 0.15) is 11.3 Å².